The smallest absolute Gasteiger partial charge is 0.416 e. The average molecular weight is 536 g/mol. The van der Waals surface area contributed by atoms with Gasteiger partial charge in [-0.3, -0.25) is 4.79 Å². The van der Waals surface area contributed by atoms with Crippen LogP contribution in [-0.4, -0.2) is 29.7 Å². The number of aryl methyl sites for hydroxylation is 1. The molecular weight excluding hydrogens is 511 g/mol. The fourth-order valence-electron chi connectivity index (χ4n) is 4.59. The molecule has 0 unspecified atom stereocenters. The number of benzene rings is 3. The van der Waals surface area contributed by atoms with Crippen molar-refractivity contribution in [3.63, 3.8) is 0 Å². The fraction of sp³-hybridized carbons (Fsp3) is 0.200. The van der Waals surface area contributed by atoms with Gasteiger partial charge < -0.3 is 18.8 Å². The molecule has 39 heavy (non-hydrogen) atoms. The first-order valence-corrected chi connectivity index (χ1v) is 12.1. The predicted octanol–water partition coefficient (Wildman–Crippen LogP) is 6.61. The first-order valence-electron chi connectivity index (χ1n) is 12.1. The molecule has 0 radical (unpaired) electrons. The van der Waals surface area contributed by atoms with Crippen LogP contribution in [0.3, 0.4) is 0 Å². The first kappa shape index (κ1) is 26.1. The topological polar surface area (TPSA) is 66.8 Å². The minimum absolute atomic E-state index is 0.151. The van der Waals surface area contributed by atoms with Gasteiger partial charge in [0, 0.05) is 23.5 Å². The minimum atomic E-state index is -4.46. The van der Waals surface area contributed by atoms with Gasteiger partial charge in [0.15, 0.2) is 18.1 Å². The SMILES string of the molecule is Cc1cc(C(=O)COC(=O)c2ccccc2-c2ccc(C(F)(F)F)cc2)c(C)n1Cc1ccc2c(c1)OCO2. The zero-order valence-corrected chi connectivity index (χ0v) is 21.2. The van der Waals surface area contributed by atoms with Crippen molar-refractivity contribution < 1.29 is 37.0 Å². The number of hydrogen-bond donors (Lipinski definition) is 0. The second kappa shape index (κ2) is 10.3. The summed E-state index contributed by atoms with van der Waals surface area (Å²) in [6.45, 7) is 3.95. The standard InChI is InChI=1S/C30H24F3NO5/c1-18-13-25(19(2)34(18)15-20-7-12-27-28(14-20)39-17-38-27)26(35)16-37-29(36)24-6-4-3-5-23(24)21-8-10-22(11-9-21)30(31,32)33/h3-14H,15-17H2,1-2H3. The number of carbonyl (C=O) groups is 2. The number of carbonyl (C=O) groups excluding carboxylic acids is 2. The predicted molar refractivity (Wildman–Crippen MR) is 137 cm³/mol. The number of fused-ring (bicyclic) bond motifs is 1. The van der Waals surface area contributed by atoms with Gasteiger partial charge in [-0.05, 0) is 66.9 Å². The molecule has 0 N–H and O–H groups in total. The van der Waals surface area contributed by atoms with E-state index in [1.807, 2.05) is 36.6 Å². The van der Waals surface area contributed by atoms with E-state index < -0.39 is 24.3 Å². The first-order chi connectivity index (χ1) is 18.6. The largest absolute Gasteiger partial charge is 0.454 e. The highest BCUT2D eigenvalue weighted by Gasteiger charge is 2.30. The highest BCUT2D eigenvalue weighted by Crippen LogP contribution is 2.34. The van der Waals surface area contributed by atoms with Crippen LogP contribution >= 0.6 is 0 Å². The zero-order valence-electron chi connectivity index (χ0n) is 21.2. The van der Waals surface area contributed by atoms with Gasteiger partial charge in [-0.15, -0.1) is 0 Å². The molecule has 3 aromatic carbocycles. The Morgan fingerprint density at radius 1 is 0.897 bits per heavy atom. The molecule has 1 aromatic heterocycles. The third-order valence-corrected chi connectivity index (χ3v) is 6.66. The number of alkyl halides is 3. The highest BCUT2D eigenvalue weighted by atomic mass is 19.4. The van der Waals surface area contributed by atoms with Crippen molar-refractivity contribution in [1.29, 1.82) is 0 Å². The second-order valence-corrected chi connectivity index (χ2v) is 9.18. The Balaban J connectivity index is 1.29. The molecular formula is C30H24F3NO5. The van der Waals surface area contributed by atoms with Crippen molar-refractivity contribution in [3.05, 3.63) is 106 Å². The molecule has 0 atom stereocenters. The maximum atomic E-state index is 13.0. The Morgan fingerprint density at radius 3 is 2.36 bits per heavy atom. The number of halogens is 3. The lowest BCUT2D eigenvalue weighted by atomic mass is 9.98. The molecule has 5 rings (SSSR count). The van der Waals surface area contributed by atoms with E-state index in [-0.39, 0.29) is 18.1 Å². The van der Waals surface area contributed by atoms with Crippen molar-refractivity contribution in [2.24, 2.45) is 0 Å². The summed E-state index contributed by atoms with van der Waals surface area (Å²) < 4.78 is 57.0. The summed E-state index contributed by atoms with van der Waals surface area (Å²) in [6.07, 6.45) is -4.46. The molecule has 0 amide bonds. The lowest BCUT2D eigenvalue weighted by molar-refractivity contribution is -0.137. The monoisotopic (exact) mass is 535 g/mol. The molecule has 6 nitrogen and oxygen atoms in total. The Kier molecular flexibility index (Phi) is 6.91. The van der Waals surface area contributed by atoms with E-state index >= 15 is 0 Å². The average Bonchev–Trinajstić information content (AvgIpc) is 3.50. The third-order valence-electron chi connectivity index (χ3n) is 6.66. The van der Waals surface area contributed by atoms with Gasteiger partial charge in [-0.25, -0.2) is 4.79 Å². The number of ether oxygens (including phenoxy) is 3. The summed E-state index contributed by atoms with van der Waals surface area (Å²) in [5.74, 6) is 0.264. The zero-order chi connectivity index (χ0) is 27.7. The summed E-state index contributed by atoms with van der Waals surface area (Å²) in [5.41, 5.74) is 3.22. The van der Waals surface area contributed by atoms with E-state index in [1.165, 1.54) is 18.2 Å². The van der Waals surface area contributed by atoms with Crippen LogP contribution in [0.2, 0.25) is 0 Å². The van der Waals surface area contributed by atoms with Crippen LogP contribution in [0.15, 0.2) is 72.8 Å². The Bertz CT molecular complexity index is 1550. The van der Waals surface area contributed by atoms with Crippen molar-refractivity contribution >= 4 is 11.8 Å². The quantitative estimate of drug-likeness (QED) is 0.197. The van der Waals surface area contributed by atoms with Crippen molar-refractivity contribution in [2.45, 2.75) is 26.6 Å². The van der Waals surface area contributed by atoms with E-state index in [4.69, 9.17) is 14.2 Å². The molecule has 0 spiro atoms. The summed E-state index contributed by atoms with van der Waals surface area (Å²) in [6, 6.07) is 18.4. The van der Waals surface area contributed by atoms with Gasteiger partial charge in [0.1, 0.15) is 0 Å². The molecule has 0 fully saturated rings. The van der Waals surface area contributed by atoms with Crippen molar-refractivity contribution in [1.82, 2.24) is 4.57 Å². The normalized spacial score (nSPS) is 12.4. The van der Waals surface area contributed by atoms with Crippen LogP contribution in [0.1, 0.15) is 43.2 Å². The number of esters is 1. The molecule has 0 bridgehead atoms. The van der Waals surface area contributed by atoms with E-state index in [1.54, 1.807) is 24.3 Å². The second-order valence-electron chi connectivity index (χ2n) is 9.18. The molecule has 4 aromatic rings. The maximum absolute atomic E-state index is 13.0. The fourth-order valence-corrected chi connectivity index (χ4v) is 4.59. The van der Waals surface area contributed by atoms with Crippen molar-refractivity contribution in [2.75, 3.05) is 13.4 Å². The lowest BCUT2D eigenvalue weighted by Gasteiger charge is -2.12. The van der Waals surface area contributed by atoms with E-state index in [0.717, 1.165) is 29.1 Å². The maximum Gasteiger partial charge on any atom is 0.416 e. The van der Waals surface area contributed by atoms with Gasteiger partial charge >= 0.3 is 12.1 Å². The van der Waals surface area contributed by atoms with E-state index in [9.17, 15) is 22.8 Å². The van der Waals surface area contributed by atoms with Gasteiger partial charge in [-0.2, -0.15) is 13.2 Å². The molecule has 0 saturated heterocycles. The highest BCUT2D eigenvalue weighted by molar-refractivity contribution is 6.02. The number of Topliss-reactive ketones (excluding diaryl/α,β-unsaturated/α-hetero) is 1. The van der Waals surface area contributed by atoms with E-state index in [2.05, 4.69) is 0 Å². The Hall–Kier alpha value is -4.53. The summed E-state index contributed by atoms with van der Waals surface area (Å²) in [5, 5.41) is 0. The molecule has 1 aliphatic rings. The van der Waals surface area contributed by atoms with Crippen LogP contribution in [0.4, 0.5) is 13.2 Å². The van der Waals surface area contributed by atoms with Gasteiger partial charge in [0.25, 0.3) is 0 Å². The van der Waals surface area contributed by atoms with Crippen LogP contribution in [0.25, 0.3) is 11.1 Å². The molecule has 200 valence electrons. The number of hydrogen-bond acceptors (Lipinski definition) is 5. The number of rotatable bonds is 7. The summed E-state index contributed by atoms with van der Waals surface area (Å²) >= 11 is 0. The Labute approximate surface area is 222 Å². The summed E-state index contributed by atoms with van der Waals surface area (Å²) in [4.78, 5) is 25.9. The number of aromatic nitrogens is 1. The third kappa shape index (κ3) is 5.38. The van der Waals surface area contributed by atoms with Gasteiger partial charge in [-0.1, -0.05) is 36.4 Å². The molecule has 0 saturated carbocycles. The van der Waals surface area contributed by atoms with Crippen molar-refractivity contribution in [3.8, 4) is 22.6 Å². The Morgan fingerprint density at radius 2 is 1.62 bits per heavy atom. The van der Waals surface area contributed by atoms with Crippen LogP contribution in [-0.2, 0) is 17.5 Å². The van der Waals surface area contributed by atoms with Gasteiger partial charge in [0.05, 0.1) is 11.1 Å². The molecule has 0 aliphatic carbocycles. The molecule has 1 aliphatic heterocycles. The molecule has 2 heterocycles. The van der Waals surface area contributed by atoms with Crippen LogP contribution in [0, 0.1) is 13.8 Å². The number of nitrogens with zero attached hydrogens (tertiary/aromatic N) is 1. The molecule has 9 heteroatoms. The van der Waals surface area contributed by atoms with Crippen LogP contribution in [0.5, 0.6) is 11.5 Å². The number of ketones is 1. The lowest BCUT2D eigenvalue weighted by Crippen LogP contribution is -2.16. The minimum Gasteiger partial charge on any atom is -0.454 e. The van der Waals surface area contributed by atoms with Crippen LogP contribution < -0.4 is 9.47 Å². The van der Waals surface area contributed by atoms with E-state index in [0.29, 0.717) is 34.7 Å². The summed E-state index contributed by atoms with van der Waals surface area (Å²) in [7, 11) is 0. The van der Waals surface area contributed by atoms with Gasteiger partial charge in [0.2, 0.25) is 12.6 Å².